The van der Waals surface area contributed by atoms with Crippen LogP contribution in [0, 0.1) is 5.41 Å². The molecular formula is C22H34N4O2. The summed E-state index contributed by atoms with van der Waals surface area (Å²) in [7, 11) is 1.89. The highest BCUT2D eigenvalue weighted by Crippen LogP contribution is 2.43. The molecule has 0 unspecified atom stereocenters. The number of guanidine groups is 1. The molecule has 0 amide bonds. The molecule has 1 aromatic heterocycles. The number of aromatic nitrogens is 1. The number of rotatable bonds is 4. The number of pyridine rings is 1. The van der Waals surface area contributed by atoms with Gasteiger partial charge < -0.3 is 19.7 Å². The lowest BCUT2D eigenvalue weighted by atomic mass is 9.73. The van der Waals surface area contributed by atoms with E-state index in [1.54, 1.807) is 0 Å². The van der Waals surface area contributed by atoms with Crippen molar-refractivity contribution in [3.8, 4) is 5.88 Å². The first kappa shape index (κ1) is 19.5. The summed E-state index contributed by atoms with van der Waals surface area (Å²) in [5, 5.41) is 3.55. The molecule has 154 valence electrons. The van der Waals surface area contributed by atoms with Gasteiger partial charge in [-0.15, -0.1) is 0 Å². The first-order chi connectivity index (χ1) is 13.8. The highest BCUT2D eigenvalue weighted by atomic mass is 16.5. The van der Waals surface area contributed by atoms with Crippen LogP contribution in [0.3, 0.4) is 0 Å². The number of hydrogen-bond donors (Lipinski definition) is 1. The predicted molar refractivity (Wildman–Crippen MR) is 111 cm³/mol. The molecule has 6 nitrogen and oxygen atoms in total. The lowest BCUT2D eigenvalue weighted by Crippen LogP contribution is -2.41. The third-order valence-corrected chi connectivity index (χ3v) is 6.57. The summed E-state index contributed by atoms with van der Waals surface area (Å²) in [6.45, 7) is 4.57. The van der Waals surface area contributed by atoms with E-state index in [1.165, 1.54) is 44.1 Å². The van der Waals surface area contributed by atoms with Gasteiger partial charge in [0.15, 0.2) is 5.96 Å². The summed E-state index contributed by atoms with van der Waals surface area (Å²) in [5.41, 5.74) is 1.71. The van der Waals surface area contributed by atoms with Gasteiger partial charge in [-0.05, 0) is 36.3 Å². The van der Waals surface area contributed by atoms with Crippen molar-refractivity contribution in [3.63, 3.8) is 0 Å². The van der Waals surface area contributed by atoms with Crippen LogP contribution < -0.4 is 10.1 Å². The molecule has 6 heteroatoms. The molecule has 1 aliphatic carbocycles. The first-order valence-electron chi connectivity index (χ1n) is 10.9. The van der Waals surface area contributed by atoms with E-state index >= 15 is 0 Å². The molecule has 1 aromatic rings. The topological polar surface area (TPSA) is 59.0 Å². The number of hydrogen-bond acceptors (Lipinski definition) is 4. The first-order valence-corrected chi connectivity index (χ1v) is 10.9. The summed E-state index contributed by atoms with van der Waals surface area (Å²) in [5.74, 6) is 1.73. The third kappa shape index (κ3) is 4.77. The Balaban J connectivity index is 1.31. The van der Waals surface area contributed by atoms with E-state index in [1.807, 2.05) is 25.4 Å². The van der Waals surface area contributed by atoms with Gasteiger partial charge in [0.05, 0.1) is 13.2 Å². The van der Waals surface area contributed by atoms with Crippen LogP contribution in [0.2, 0.25) is 0 Å². The second-order valence-corrected chi connectivity index (χ2v) is 8.56. The van der Waals surface area contributed by atoms with Crippen LogP contribution in [-0.4, -0.2) is 55.3 Å². The molecule has 0 bridgehead atoms. The van der Waals surface area contributed by atoms with Gasteiger partial charge >= 0.3 is 0 Å². The molecule has 3 fully saturated rings. The zero-order valence-electron chi connectivity index (χ0n) is 17.2. The monoisotopic (exact) mass is 386 g/mol. The van der Waals surface area contributed by atoms with Crippen LogP contribution in [-0.2, 0) is 11.3 Å². The fraction of sp³-hybridized carbons (Fsp3) is 0.727. The Morgan fingerprint density at radius 3 is 2.89 bits per heavy atom. The summed E-state index contributed by atoms with van der Waals surface area (Å²) in [6.07, 6.45) is 12.2. The molecule has 1 spiro atoms. The van der Waals surface area contributed by atoms with Crippen molar-refractivity contribution >= 4 is 5.96 Å². The molecule has 0 atom stereocenters. The Morgan fingerprint density at radius 2 is 2.11 bits per heavy atom. The van der Waals surface area contributed by atoms with Gasteiger partial charge in [0, 0.05) is 51.8 Å². The average molecular weight is 387 g/mol. The molecule has 1 saturated carbocycles. The van der Waals surface area contributed by atoms with Crippen LogP contribution in [0.15, 0.2) is 23.3 Å². The molecule has 1 N–H and O–H groups in total. The minimum absolute atomic E-state index is 0.216. The Bertz CT molecular complexity index is 666. The van der Waals surface area contributed by atoms with Crippen LogP contribution in [0.25, 0.3) is 0 Å². The van der Waals surface area contributed by atoms with E-state index in [0.717, 1.165) is 51.6 Å². The van der Waals surface area contributed by atoms with Crippen LogP contribution in [0.1, 0.15) is 56.9 Å². The lowest BCUT2D eigenvalue weighted by molar-refractivity contribution is 0.0237. The van der Waals surface area contributed by atoms with Crippen LogP contribution in [0.5, 0.6) is 5.88 Å². The maximum atomic E-state index is 6.04. The highest BCUT2D eigenvalue weighted by Gasteiger charge is 2.39. The fourth-order valence-electron chi connectivity index (χ4n) is 4.93. The standard InChI is InChI=1S/C22H34N4O2/c1-23-21(26-12-10-22(17-26)8-3-2-4-9-22)25-16-18-5-11-24-20(15-18)28-19-6-13-27-14-7-19/h5,11,15,19H,2-4,6-10,12-14,16-17H2,1H3,(H,23,25). The largest absolute Gasteiger partial charge is 0.474 e. The Labute approximate surface area is 168 Å². The predicted octanol–water partition coefficient (Wildman–Crippen LogP) is 3.37. The molecular weight excluding hydrogens is 352 g/mol. The van der Waals surface area contributed by atoms with E-state index in [0.29, 0.717) is 11.3 Å². The van der Waals surface area contributed by atoms with E-state index in [4.69, 9.17) is 9.47 Å². The van der Waals surface area contributed by atoms with Crippen LogP contribution in [0.4, 0.5) is 0 Å². The number of ether oxygens (including phenoxy) is 2. The molecule has 2 saturated heterocycles. The maximum absolute atomic E-state index is 6.04. The second-order valence-electron chi connectivity index (χ2n) is 8.56. The van der Waals surface area contributed by atoms with E-state index < -0.39 is 0 Å². The van der Waals surface area contributed by atoms with E-state index in [-0.39, 0.29) is 6.10 Å². The van der Waals surface area contributed by atoms with E-state index in [9.17, 15) is 0 Å². The van der Waals surface area contributed by atoms with Gasteiger partial charge in [0.2, 0.25) is 5.88 Å². The quantitative estimate of drug-likeness (QED) is 0.635. The molecule has 0 aromatic carbocycles. The fourth-order valence-corrected chi connectivity index (χ4v) is 4.93. The molecule has 2 aliphatic heterocycles. The number of nitrogens with one attached hydrogen (secondary N) is 1. The normalized spacial score (nSPS) is 23.2. The zero-order valence-corrected chi connectivity index (χ0v) is 17.2. The van der Waals surface area contributed by atoms with Crippen LogP contribution >= 0.6 is 0 Å². The van der Waals surface area contributed by atoms with E-state index in [2.05, 4.69) is 20.2 Å². The molecule has 3 heterocycles. The van der Waals surface area contributed by atoms with Crippen molar-refractivity contribution < 1.29 is 9.47 Å². The van der Waals surface area contributed by atoms with Gasteiger partial charge in [-0.25, -0.2) is 4.98 Å². The van der Waals surface area contributed by atoms with Crippen molar-refractivity contribution in [1.82, 2.24) is 15.2 Å². The highest BCUT2D eigenvalue weighted by molar-refractivity contribution is 5.80. The Morgan fingerprint density at radius 1 is 1.29 bits per heavy atom. The number of nitrogens with zero attached hydrogens (tertiary/aromatic N) is 3. The third-order valence-electron chi connectivity index (χ3n) is 6.57. The number of likely N-dealkylation sites (tertiary alicyclic amines) is 1. The maximum Gasteiger partial charge on any atom is 0.213 e. The molecule has 28 heavy (non-hydrogen) atoms. The minimum atomic E-state index is 0.216. The minimum Gasteiger partial charge on any atom is -0.474 e. The van der Waals surface area contributed by atoms with Crippen molar-refractivity contribution in [1.29, 1.82) is 0 Å². The van der Waals surface area contributed by atoms with Gasteiger partial charge in [-0.2, -0.15) is 0 Å². The summed E-state index contributed by atoms with van der Waals surface area (Å²) >= 11 is 0. The zero-order chi connectivity index (χ0) is 19.2. The SMILES string of the molecule is CN=C(NCc1ccnc(OC2CCOCC2)c1)N1CCC2(CCCCC2)C1. The summed E-state index contributed by atoms with van der Waals surface area (Å²) < 4.78 is 11.4. The van der Waals surface area contributed by atoms with Crippen molar-refractivity contribution in [2.24, 2.45) is 10.4 Å². The van der Waals surface area contributed by atoms with Crippen molar-refractivity contribution in [3.05, 3.63) is 23.9 Å². The number of aliphatic imine (C=N–C) groups is 1. The van der Waals surface area contributed by atoms with Crippen molar-refractivity contribution in [2.45, 2.75) is 64.0 Å². The summed E-state index contributed by atoms with van der Waals surface area (Å²) in [6, 6.07) is 4.09. The van der Waals surface area contributed by atoms with Gasteiger partial charge in [-0.3, -0.25) is 4.99 Å². The summed E-state index contributed by atoms with van der Waals surface area (Å²) in [4.78, 5) is 11.4. The average Bonchev–Trinajstić information content (AvgIpc) is 3.13. The van der Waals surface area contributed by atoms with Crippen molar-refractivity contribution in [2.75, 3.05) is 33.4 Å². The van der Waals surface area contributed by atoms with Gasteiger partial charge in [0.25, 0.3) is 0 Å². The molecule has 4 rings (SSSR count). The molecule has 0 radical (unpaired) electrons. The smallest absolute Gasteiger partial charge is 0.213 e. The Kier molecular flexibility index (Phi) is 6.35. The Hall–Kier alpha value is -1.82. The van der Waals surface area contributed by atoms with Gasteiger partial charge in [0.1, 0.15) is 6.10 Å². The molecule has 3 aliphatic rings. The van der Waals surface area contributed by atoms with Gasteiger partial charge in [-0.1, -0.05) is 19.3 Å². The second kappa shape index (κ2) is 9.12. The lowest BCUT2D eigenvalue weighted by Gasteiger charge is -2.33.